The summed E-state index contributed by atoms with van der Waals surface area (Å²) in [6.45, 7) is 6.07. The van der Waals surface area contributed by atoms with Crippen molar-refractivity contribution in [2.24, 2.45) is 12.0 Å². The van der Waals surface area contributed by atoms with Crippen molar-refractivity contribution in [1.82, 2.24) is 14.8 Å². The Morgan fingerprint density at radius 3 is 2.58 bits per heavy atom. The number of aryl methyl sites for hydroxylation is 1. The van der Waals surface area contributed by atoms with Crippen LogP contribution in [-0.4, -0.2) is 41.7 Å². The van der Waals surface area contributed by atoms with Gasteiger partial charge in [0.2, 0.25) is 0 Å². The average Bonchev–Trinajstić information content (AvgIpc) is 2.98. The first-order valence-corrected chi connectivity index (χ1v) is 8.51. The molecule has 2 rings (SSSR count). The third-order valence-electron chi connectivity index (χ3n) is 3.80. The minimum atomic E-state index is -0.269. The Kier molecular flexibility index (Phi) is 9.47. The van der Waals surface area contributed by atoms with Gasteiger partial charge in [-0.2, -0.15) is 0 Å². The minimum Gasteiger partial charge on any atom is -0.489 e. The van der Waals surface area contributed by atoms with Crippen LogP contribution in [0.3, 0.4) is 0 Å². The van der Waals surface area contributed by atoms with Crippen molar-refractivity contribution in [3.05, 3.63) is 54.1 Å². The van der Waals surface area contributed by atoms with E-state index in [1.165, 1.54) is 17.8 Å². The van der Waals surface area contributed by atoms with Gasteiger partial charge >= 0.3 is 0 Å². The van der Waals surface area contributed by atoms with Crippen LogP contribution < -0.4 is 10.1 Å². The Morgan fingerprint density at radius 1 is 1.31 bits per heavy atom. The Balaban J connectivity index is 0.00000338. The van der Waals surface area contributed by atoms with Crippen LogP contribution in [0.15, 0.2) is 47.6 Å². The number of hydrogen-bond donors (Lipinski definition) is 1. The molecule has 7 heteroatoms. The largest absolute Gasteiger partial charge is 0.489 e. The lowest BCUT2D eigenvalue weighted by atomic mass is 10.3. The van der Waals surface area contributed by atoms with Crippen LogP contribution in [0.4, 0.5) is 4.39 Å². The van der Waals surface area contributed by atoms with Crippen molar-refractivity contribution < 1.29 is 9.13 Å². The summed E-state index contributed by atoms with van der Waals surface area (Å²) in [5, 5.41) is 3.30. The number of benzene rings is 1. The number of rotatable bonds is 7. The summed E-state index contributed by atoms with van der Waals surface area (Å²) in [7, 11) is 4.05. The number of aromatic nitrogens is 1. The molecule has 0 radical (unpaired) electrons. The molecule has 0 aliphatic rings. The molecule has 5 nitrogen and oxygen atoms in total. The molecule has 0 aliphatic carbocycles. The van der Waals surface area contributed by atoms with Gasteiger partial charge in [0.15, 0.2) is 5.96 Å². The zero-order chi connectivity index (χ0) is 18.2. The Morgan fingerprint density at radius 2 is 2.00 bits per heavy atom. The van der Waals surface area contributed by atoms with E-state index in [-0.39, 0.29) is 35.9 Å². The van der Waals surface area contributed by atoms with E-state index in [1.807, 2.05) is 40.2 Å². The second kappa shape index (κ2) is 11.1. The zero-order valence-electron chi connectivity index (χ0n) is 15.8. The van der Waals surface area contributed by atoms with E-state index in [0.717, 1.165) is 19.0 Å². The summed E-state index contributed by atoms with van der Waals surface area (Å²) in [4.78, 5) is 6.75. The van der Waals surface area contributed by atoms with E-state index < -0.39 is 0 Å². The highest BCUT2D eigenvalue weighted by Gasteiger charge is 2.10. The van der Waals surface area contributed by atoms with Crippen molar-refractivity contribution >= 4 is 29.9 Å². The van der Waals surface area contributed by atoms with E-state index in [0.29, 0.717) is 12.3 Å². The van der Waals surface area contributed by atoms with Crippen molar-refractivity contribution in [1.29, 1.82) is 0 Å². The molecule has 0 fully saturated rings. The van der Waals surface area contributed by atoms with Gasteiger partial charge in [-0.05, 0) is 50.2 Å². The summed E-state index contributed by atoms with van der Waals surface area (Å²) in [5.41, 5.74) is 1.21. The van der Waals surface area contributed by atoms with Gasteiger partial charge in [-0.15, -0.1) is 24.0 Å². The number of hydrogen-bond acceptors (Lipinski definition) is 2. The third-order valence-corrected chi connectivity index (χ3v) is 3.80. The van der Waals surface area contributed by atoms with Gasteiger partial charge in [0.25, 0.3) is 0 Å². The average molecular weight is 474 g/mol. The van der Waals surface area contributed by atoms with Gasteiger partial charge in [-0.3, -0.25) is 0 Å². The monoisotopic (exact) mass is 474 g/mol. The number of ether oxygens (including phenoxy) is 1. The number of guanidine groups is 1. The molecule has 1 aromatic heterocycles. The number of nitrogens with one attached hydrogen (secondary N) is 1. The highest BCUT2D eigenvalue weighted by Crippen LogP contribution is 2.13. The van der Waals surface area contributed by atoms with Crippen LogP contribution in [-0.2, 0) is 13.6 Å². The summed E-state index contributed by atoms with van der Waals surface area (Å²) in [6.07, 6.45) is 1.92. The molecule has 0 aliphatic heterocycles. The van der Waals surface area contributed by atoms with Crippen molar-refractivity contribution in [2.45, 2.75) is 26.5 Å². The second-order valence-electron chi connectivity index (χ2n) is 6.04. The van der Waals surface area contributed by atoms with Crippen molar-refractivity contribution in [2.75, 3.05) is 20.1 Å². The molecule has 1 heterocycles. The zero-order valence-corrected chi connectivity index (χ0v) is 18.1. The molecule has 1 unspecified atom stereocenters. The van der Waals surface area contributed by atoms with E-state index in [4.69, 9.17) is 4.74 Å². The van der Waals surface area contributed by atoms with Crippen LogP contribution in [0.1, 0.15) is 19.5 Å². The van der Waals surface area contributed by atoms with Gasteiger partial charge in [-0.1, -0.05) is 0 Å². The fourth-order valence-corrected chi connectivity index (χ4v) is 2.45. The molecule has 144 valence electrons. The third kappa shape index (κ3) is 6.86. The van der Waals surface area contributed by atoms with Crippen molar-refractivity contribution in [3.8, 4) is 5.75 Å². The van der Waals surface area contributed by atoms with E-state index >= 15 is 0 Å². The maximum Gasteiger partial charge on any atom is 0.194 e. The molecule has 0 amide bonds. The van der Waals surface area contributed by atoms with Gasteiger partial charge in [-0.25, -0.2) is 9.38 Å². The standard InChI is InChI=1S/C19H27FN4O.HI/c1-5-21-19(24(4)14-17-7-6-12-23(17)3)22-13-15(2)25-18-10-8-16(20)9-11-18;/h6-12,15H,5,13-14H2,1-4H3,(H,21,22);1H. The van der Waals surface area contributed by atoms with Crippen molar-refractivity contribution in [3.63, 3.8) is 0 Å². The summed E-state index contributed by atoms with van der Waals surface area (Å²) in [5.74, 6) is 1.21. The first kappa shape index (κ1) is 22.3. The van der Waals surface area contributed by atoms with Gasteiger partial charge < -0.3 is 19.5 Å². The molecular weight excluding hydrogens is 446 g/mol. The Bertz CT molecular complexity index is 687. The number of halogens is 2. The lowest BCUT2D eigenvalue weighted by molar-refractivity contribution is 0.229. The summed E-state index contributed by atoms with van der Waals surface area (Å²) in [6, 6.07) is 10.2. The topological polar surface area (TPSA) is 41.8 Å². The van der Waals surface area contributed by atoms with Crippen LogP contribution in [0.25, 0.3) is 0 Å². The van der Waals surface area contributed by atoms with Gasteiger partial charge in [0.05, 0.1) is 13.1 Å². The van der Waals surface area contributed by atoms with Crippen LogP contribution in [0, 0.1) is 5.82 Å². The predicted octanol–water partition coefficient (Wildman–Crippen LogP) is 3.65. The van der Waals surface area contributed by atoms with Gasteiger partial charge in [0.1, 0.15) is 17.7 Å². The highest BCUT2D eigenvalue weighted by atomic mass is 127. The predicted molar refractivity (Wildman–Crippen MR) is 115 cm³/mol. The Labute approximate surface area is 172 Å². The Hall–Kier alpha value is -1.77. The number of nitrogens with zero attached hydrogens (tertiary/aromatic N) is 3. The molecule has 0 saturated carbocycles. The molecule has 2 aromatic rings. The molecule has 0 bridgehead atoms. The second-order valence-corrected chi connectivity index (χ2v) is 6.04. The molecule has 0 saturated heterocycles. The number of aliphatic imine (C=N–C) groups is 1. The van der Waals surface area contributed by atoms with E-state index in [2.05, 4.69) is 25.8 Å². The van der Waals surface area contributed by atoms with E-state index in [9.17, 15) is 4.39 Å². The fourth-order valence-electron chi connectivity index (χ4n) is 2.45. The normalized spacial score (nSPS) is 12.3. The maximum atomic E-state index is 12.9. The molecule has 26 heavy (non-hydrogen) atoms. The molecule has 1 atom stereocenters. The molecule has 1 N–H and O–H groups in total. The van der Waals surface area contributed by atoms with Crippen LogP contribution >= 0.6 is 24.0 Å². The summed E-state index contributed by atoms with van der Waals surface area (Å²) >= 11 is 0. The first-order chi connectivity index (χ1) is 12.0. The fraction of sp³-hybridized carbons (Fsp3) is 0.421. The van der Waals surface area contributed by atoms with Crippen LogP contribution in [0.2, 0.25) is 0 Å². The van der Waals surface area contributed by atoms with E-state index in [1.54, 1.807) is 12.1 Å². The molecule has 0 spiro atoms. The first-order valence-electron chi connectivity index (χ1n) is 8.51. The van der Waals surface area contributed by atoms with Gasteiger partial charge in [0, 0.05) is 32.5 Å². The molecular formula is C19H28FIN4O. The maximum absolute atomic E-state index is 12.9. The lowest BCUT2D eigenvalue weighted by Gasteiger charge is -2.23. The SMILES string of the molecule is CCNC(=NCC(C)Oc1ccc(F)cc1)N(C)Cc1cccn1C.I. The highest BCUT2D eigenvalue weighted by molar-refractivity contribution is 14.0. The summed E-state index contributed by atoms with van der Waals surface area (Å²) < 4.78 is 20.8. The quantitative estimate of drug-likeness (QED) is 0.379. The van der Waals surface area contributed by atoms with Crippen LogP contribution in [0.5, 0.6) is 5.75 Å². The minimum absolute atomic E-state index is 0. The molecule has 1 aromatic carbocycles. The lowest BCUT2D eigenvalue weighted by Crippen LogP contribution is -2.39. The smallest absolute Gasteiger partial charge is 0.194 e.